The van der Waals surface area contributed by atoms with Gasteiger partial charge >= 0.3 is 0 Å². The Hall–Kier alpha value is -2.70. The molecule has 0 aliphatic carbocycles. The summed E-state index contributed by atoms with van der Waals surface area (Å²) in [6.07, 6.45) is 3.86. The number of likely N-dealkylation sites (tertiary alicyclic amines) is 1. The highest BCUT2D eigenvalue weighted by molar-refractivity contribution is 5.93. The lowest BCUT2D eigenvalue weighted by atomic mass is 9.93. The van der Waals surface area contributed by atoms with Crippen LogP contribution in [0.25, 0.3) is 0 Å². The number of hydrogen-bond donors (Lipinski definition) is 1. The predicted octanol–water partition coefficient (Wildman–Crippen LogP) is 3.70. The maximum Gasteiger partial charge on any atom is 0.272 e. The van der Waals surface area contributed by atoms with Crippen LogP contribution in [0.15, 0.2) is 24.3 Å². The molecule has 6 nitrogen and oxygen atoms in total. The summed E-state index contributed by atoms with van der Waals surface area (Å²) in [5.41, 5.74) is 2.87. The van der Waals surface area contributed by atoms with Crippen molar-refractivity contribution in [1.29, 1.82) is 0 Å². The summed E-state index contributed by atoms with van der Waals surface area (Å²) >= 11 is 0. The minimum atomic E-state index is -0.313. The van der Waals surface area contributed by atoms with Crippen molar-refractivity contribution >= 4 is 17.5 Å². The molecule has 0 saturated carbocycles. The van der Waals surface area contributed by atoms with Crippen LogP contribution in [0.2, 0.25) is 0 Å². The second kappa shape index (κ2) is 9.20. The molecule has 1 aliphatic rings. The van der Waals surface area contributed by atoms with Crippen LogP contribution in [0, 0.1) is 18.7 Å². The number of anilines is 1. The van der Waals surface area contributed by atoms with Gasteiger partial charge in [-0.1, -0.05) is 6.92 Å². The van der Waals surface area contributed by atoms with Gasteiger partial charge in [0.05, 0.1) is 5.69 Å². The van der Waals surface area contributed by atoms with Crippen LogP contribution in [-0.4, -0.2) is 39.6 Å². The number of carbonyl (C=O) groups is 2. The SMILES string of the molecule is CCc1cc(C(=O)N2CCC[C@@H](CCC(=O)Nc3ccc(F)cc3C)C2)n(C)n1. The monoisotopic (exact) mass is 400 g/mol. The fourth-order valence-electron chi connectivity index (χ4n) is 3.86. The van der Waals surface area contributed by atoms with Crippen molar-refractivity contribution in [3.63, 3.8) is 0 Å². The fraction of sp³-hybridized carbons (Fsp3) is 0.500. The molecule has 0 spiro atoms. The molecular weight excluding hydrogens is 371 g/mol. The number of halogens is 1. The molecule has 2 heterocycles. The Morgan fingerprint density at radius 3 is 2.79 bits per heavy atom. The van der Waals surface area contributed by atoms with Gasteiger partial charge in [-0.05, 0) is 68.4 Å². The Morgan fingerprint density at radius 2 is 2.10 bits per heavy atom. The number of nitrogens with zero attached hydrogens (tertiary/aromatic N) is 3. The molecule has 1 fully saturated rings. The second-order valence-electron chi connectivity index (χ2n) is 7.80. The topological polar surface area (TPSA) is 67.2 Å². The van der Waals surface area contributed by atoms with Crippen molar-refractivity contribution in [1.82, 2.24) is 14.7 Å². The number of benzene rings is 1. The predicted molar refractivity (Wildman–Crippen MR) is 110 cm³/mol. The number of nitrogens with one attached hydrogen (secondary N) is 1. The molecule has 156 valence electrons. The summed E-state index contributed by atoms with van der Waals surface area (Å²) in [5, 5.41) is 7.22. The third kappa shape index (κ3) is 5.22. The largest absolute Gasteiger partial charge is 0.337 e. The molecule has 1 N–H and O–H groups in total. The van der Waals surface area contributed by atoms with Crippen LogP contribution < -0.4 is 5.32 Å². The lowest BCUT2D eigenvalue weighted by Gasteiger charge is -2.32. The normalized spacial score (nSPS) is 16.7. The van der Waals surface area contributed by atoms with Gasteiger partial charge < -0.3 is 10.2 Å². The molecule has 2 amide bonds. The van der Waals surface area contributed by atoms with Gasteiger partial charge in [-0.15, -0.1) is 0 Å². The maximum absolute atomic E-state index is 13.2. The van der Waals surface area contributed by atoms with E-state index in [1.54, 1.807) is 24.7 Å². The van der Waals surface area contributed by atoms with Gasteiger partial charge in [0.1, 0.15) is 11.5 Å². The Labute approximate surface area is 171 Å². The first-order chi connectivity index (χ1) is 13.9. The van der Waals surface area contributed by atoms with Crippen molar-refractivity contribution < 1.29 is 14.0 Å². The molecule has 3 rings (SSSR count). The highest BCUT2D eigenvalue weighted by atomic mass is 19.1. The molecule has 0 bridgehead atoms. The van der Waals surface area contributed by atoms with E-state index in [2.05, 4.69) is 10.4 Å². The van der Waals surface area contributed by atoms with Gasteiger partial charge in [0, 0.05) is 32.2 Å². The summed E-state index contributed by atoms with van der Waals surface area (Å²) in [5.74, 6) is -0.0863. The molecule has 2 aromatic rings. The second-order valence-corrected chi connectivity index (χ2v) is 7.80. The Morgan fingerprint density at radius 1 is 1.31 bits per heavy atom. The van der Waals surface area contributed by atoms with Gasteiger partial charge in [-0.25, -0.2) is 4.39 Å². The van der Waals surface area contributed by atoms with Gasteiger partial charge in [-0.3, -0.25) is 14.3 Å². The van der Waals surface area contributed by atoms with Gasteiger partial charge in [0.2, 0.25) is 5.91 Å². The number of amides is 2. The molecule has 0 unspecified atom stereocenters. The van der Waals surface area contributed by atoms with Gasteiger partial charge in [0.15, 0.2) is 0 Å². The average Bonchev–Trinajstić information content (AvgIpc) is 3.09. The number of carbonyl (C=O) groups excluding carboxylic acids is 2. The lowest BCUT2D eigenvalue weighted by Crippen LogP contribution is -2.40. The maximum atomic E-state index is 13.2. The quantitative estimate of drug-likeness (QED) is 0.804. The van der Waals surface area contributed by atoms with E-state index < -0.39 is 0 Å². The minimum absolute atomic E-state index is 0.00999. The highest BCUT2D eigenvalue weighted by Crippen LogP contribution is 2.23. The van der Waals surface area contributed by atoms with Crippen molar-refractivity contribution in [2.75, 3.05) is 18.4 Å². The van der Waals surface area contributed by atoms with Crippen LogP contribution in [0.4, 0.5) is 10.1 Å². The third-order valence-electron chi connectivity index (χ3n) is 5.56. The van der Waals surface area contributed by atoms with Crippen LogP contribution >= 0.6 is 0 Å². The molecule has 0 radical (unpaired) electrons. The zero-order valence-electron chi connectivity index (χ0n) is 17.4. The van der Waals surface area contributed by atoms with Crippen LogP contribution in [0.1, 0.15) is 54.4 Å². The van der Waals surface area contributed by atoms with E-state index in [1.807, 2.05) is 17.9 Å². The molecule has 29 heavy (non-hydrogen) atoms. The van der Waals surface area contributed by atoms with Crippen LogP contribution in [-0.2, 0) is 18.3 Å². The number of rotatable bonds is 6. The lowest BCUT2D eigenvalue weighted by molar-refractivity contribution is -0.116. The molecule has 1 aromatic carbocycles. The van der Waals surface area contributed by atoms with Gasteiger partial charge in [-0.2, -0.15) is 5.10 Å². The zero-order valence-corrected chi connectivity index (χ0v) is 17.4. The standard InChI is InChI=1S/C22H29FN4O2/c1-4-18-13-20(26(3)25-18)22(29)27-11-5-6-16(14-27)7-10-21(28)24-19-9-8-17(23)12-15(19)2/h8-9,12-13,16H,4-7,10-11,14H2,1-3H3,(H,24,28)/t16-/m0/s1. The molecule has 1 aromatic heterocycles. The molecule has 7 heteroatoms. The van der Waals surface area contributed by atoms with Crippen molar-refractivity contribution in [3.8, 4) is 0 Å². The molecule has 1 aliphatic heterocycles. The Balaban J connectivity index is 1.53. The van der Waals surface area contributed by atoms with Crippen LogP contribution in [0.5, 0.6) is 0 Å². The van der Waals surface area contributed by atoms with Crippen molar-refractivity contribution in [3.05, 3.63) is 47.0 Å². The summed E-state index contributed by atoms with van der Waals surface area (Å²) in [7, 11) is 1.80. The number of piperidine rings is 1. The first kappa shape index (κ1) is 21.0. The first-order valence-corrected chi connectivity index (χ1v) is 10.3. The Bertz CT molecular complexity index is 893. The number of aromatic nitrogens is 2. The van der Waals surface area contributed by atoms with E-state index in [-0.39, 0.29) is 17.6 Å². The minimum Gasteiger partial charge on any atom is -0.337 e. The average molecular weight is 400 g/mol. The van der Waals surface area contributed by atoms with E-state index in [0.717, 1.165) is 37.9 Å². The fourth-order valence-corrected chi connectivity index (χ4v) is 3.86. The molecular formula is C22H29FN4O2. The smallest absolute Gasteiger partial charge is 0.272 e. The summed E-state index contributed by atoms with van der Waals surface area (Å²) < 4.78 is 14.9. The van der Waals surface area contributed by atoms with E-state index in [9.17, 15) is 14.0 Å². The number of hydrogen-bond acceptors (Lipinski definition) is 3. The summed E-state index contributed by atoms with van der Waals surface area (Å²) in [6, 6.07) is 6.20. The van der Waals surface area contributed by atoms with E-state index in [0.29, 0.717) is 35.8 Å². The zero-order chi connectivity index (χ0) is 21.0. The summed E-state index contributed by atoms with van der Waals surface area (Å²) in [6.45, 7) is 5.19. The Kier molecular flexibility index (Phi) is 6.67. The van der Waals surface area contributed by atoms with E-state index in [1.165, 1.54) is 12.1 Å². The van der Waals surface area contributed by atoms with Crippen LogP contribution in [0.3, 0.4) is 0 Å². The molecule has 1 saturated heterocycles. The first-order valence-electron chi connectivity index (χ1n) is 10.3. The van der Waals surface area contributed by atoms with E-state index in [4.69, 9.17) is 0 Å². The van der Waals surface area contributed by atoms with Gasteiger partial charge in [0.25, 0.3) is 5.91 Å². The highest BCUT2D eigenvalue weighted by Gasteiger charge is 2.26. The molecule has 1 atom stereocenters. The van der Waals surface area contributed by atoms with E-state index >= 15 is 0 Å². The van der Waals surface area contributed by atoms with Crippen molar-refractivity contribution in [2.45, 2.75) is 46.0 Å². The third-order valence-corrected chi connectivity index (χ3v) is 5.56. The summed E-state index contributed by atoms with van der Waals surface area (Å²) in [4.78, 5) is 27.1. The number of aryl methyl sites for hydroxylation is 3. The van der Waals surface area contributed by atoms with Crippen molar-refractivity contribution in [2.24, 2.45) is 13.0 Å².